The number of phenols is 1. The molecule has 3 N–H and O–H groups in total. The second kappa shape index (κ2) is 10.3. The van der Waals surface area contributed by atoms with Crippen LogP contribution in [0.5, 0.6) is 5.75 Å². The van der Waals surface area contributed by atoms with Gasteiger partial charge in [-0.15, -0.1) is 0 Å². The van der Waals surface area contributed by atoms with E-state index < -0.39 is 5.82 Å². The summed E-state index contributed by atoms with van der Waals surface area (Å²) in [6, 6.07) is 14.3. The first-order chi connectivity index (χ1) is 17.4. The standard InChI is InChI=1S/C27H22F2N4O.C2H6/c1-15-4-18(6-20(28)5-15)24-12-32-25-3-2-17(22-9-21(29)7-19(11-31)27(22)34)8-23(25)26(24)33-13-16(10-30)14-33;1-2/h2-9,12,16,34H,10,13-14,30H2,1H3;1-2H3. The monoisotopic (exact) mass is 486 g/mol. The van der Waals surface area contributed by atoms with Crippen LogP contribution in [0.15, 0.2) is 54.7 Å². The zero-order valence-electron chi connectivity index (χ0n) is 20.5. The normalized spacial score (nSPS) is 13.1. The number of rotatable bonds is 4. The first-order valence-electron chi connectivity index (χ1n) is 12.0. The molecule has 5 nitrogen and oxygen atoms in total. The summed E-state index contributed by atoms with van der Waals surface area (Å²) < 4.78 is 28.5. The summed E-state index contributed by atoms with van der Waals surface area (Å²) in [6.07, 6.45) is 1.74. The highest BCUT2D eigenvalue weighted by atomic mass is 19.1. The van der Waals surface area contributed by atoms with Crippen molar-refractivity contribution >= 4 is 16.6 Å². The molecule has 36 heavy (non-hydrogen) atoms. The fourth-order valence-electron chi connectivity index (χ4n) is 4.60. The molecule has 0 spiro atoms. The summed E-state index contributed by atoms with van der Waals surface area (Å²) in [6.45, 7) is 7.93. The van der Waals surface area contributed by atoms with Gasteiger partial charge in [0.15, 0.2) is 0 Å². The lowest BCUT2D eigenvalue weighted by molar-refractivity contribution is 0.421. The zero-order chi connectivity index (χ0) is 26.0. The Balaban J connectivity index is 0.00000148. The Morgan fingerprint density at radius 3 is 2.42 bits per heavy atom. The number of fused-ring (bicyclic) bond motifs is 1. The van der Waals surface area contributed by atoms with E-state index in [9.17, 15) is 19.1 Å². The highest BCUT2D eigenvalue weighted by Crippen LogP contribution is 2.42. The van der Waals surface area contributed by atoms with Crippen molar-refractivity contribution in [3.8, 4) is 34.1 Å². The largest absolute Gasteiger partial charge is 0.506 e. The first-order valence-corrected chi connectivity index (χ1v) is 12.0. The molecule has 0 atom stereocenters. The number of hydrogen-bond donors (Lipinski definition) is 2. The average molecular weight is 487 g/mol. The van der Waals surface area contributed by atoms with Crippen LogP contribution < -0.4 is 10.6 Å². The van der Waals surface area contributed by atoms with E-state index in [0.717, 1.165) is 41.4 Å². The lowest BCUT2D eigenvalue weighted by Crippen LogP contribution is -2.50. The number of anilines is 1. The summed E-state index contributed by atoms with van der Waals surface area (Å²) >= 11 is 0. The van der Waals surface area contributed by atoms with Crippen molar-refractivity contribution in [1.82, 2.24) is 4.98 Å². The maximum atomic E-state index is 14.3. The van der Waals surface area contributed by atoms with Gasteiger partial charge in [-0.25, -0.2) is 8.78 Å². The maximum Gasteiger partial charge on any atom is 0.141 e. The van der Waals surface area contributed by atoms with E-state index in [1.54, 1.807) is 18.3 Å². The predicted octanol–water partition coefficient (Wildman–Crippen LogP) is 6.15. The fourth-order valence-corrected chi connectivity index (χ4v) is 4.60. The van der Waals surface area contributed by atoms with E-state index in [1.807, 2.05) is 39.0 Å². The number of nitrogens with zero attached hydrogens (tertiary/aromatic N) is 3. The molecule has 1 aliphatic rings. The van der Waals surface area contributed by atoms with Crippen LogP contribution in [0.2, 0.25) is 0 Å². The first kappa shape index (κ1) is 25.1. The number of aromatic nitrogens is 1. The second-order valence-corrected chi connectivity index (χ2v) is 8.74. The number of hydrogen-bond acceptors (Lipinski definition) is 5. The van der Waals surface area contributed by atoms with Gasteiger partial charge in [0.1, 0.15) is 23.5 Å². The van der Waals surface area contributed by atoms with Gasteiger partial charge in [-0.1, -0.05) is 26.0 Å². The van der Waals surface area contributed by atoms with Crippen LogP contribution in [0.1, 0.15) is 25.0 Å². The summed E-state index contributed by atoms with van der Waals surface area (Å²) in [7, 11) is 0. The summed E-state index contributed by atoms with van der Waals surface area (Å²) in [5, 5.41) is 20.6. The van der Waals surface area contributed by atoms with Crippen LogP contribution in [0.25, 0.3) is 33.2 Å². The third-order valence-electron chi connectivity index (χ3n) is 6.31. The minimum Gasteiger partial charge on any atom is -0.506 e. The van der Waals surface area contributed by atoms with Gasteiger partial charge in [0.05, 0.1) is 16.8 Å². The number of aryl methyl sites for hydroxylation is 1. The lowest BCUT2D eigenvalue weighted by Gasteiger charge is -2.42. The van der Waals surface area contributed by atoms with Gasteiger partial charge < -0.3 is 15.7 Å². The Labute approximate surface area is 209 Å². The molecule has 7 heteroatoms. The molecule has 4 aromatic rings. The SMILES string of the molecule is CC.Cc1cc(F)cc(-c2cnc3ccc(-c4cc(F)cc(C#N)c4O)cc3c2N2CC(CN)C2)c1. The van der Waals surface area contributed by atoms with E-state index in [1.165, 1.54) is 18.2 Å². The van der Waals surface area contributed by atoms with Gasteiger partial charge in [-0.2, -0.15) is 5.26 Å². The zero-order valence-corrected chi connectivity index (χ0v) is 20.5. The van der Waals surface area contributed by atoms with Crippen LogP contribution in [0.3, 0.4) is 0 Å². The second-order valence-electron chi connectivity index (χ2n) is 8.74. The molecule has 184 valence electrons. The van der Waals surface area contributed by atoms with Gasteiger partial charge in [-0.3, -0.25) is 4.98 Å². The van der Waals surface area contributed by atoms with Crippen LogP contribution in [0, 0.1) is 35.8 Å². The molecule has 1 aliphatic heterocycles. The average Bonchev–Trinajstić information content (AvgIpc) is 2.85. The van der Waals surface area contributed by atoms with E-state index in [0.29, 0.717) is 29.1 Å². The molecule has 3 aromatic carbocycles. The van der Waals surface area contributed by atoms with E-state index >= 15 is 0 Å². The Bertz CT molecular complexity index is 1450. The Morgan fingerprint density at radius 1 is 1.03 bits per heavy atom. The minimum absolute atomic E-state index is 0.133. The van der Waals surface area contributed by atoms with Crippen molar-refractivity contribution in [3.63, 3.8) is 0 Å². The van der Waals surface area contributed by atoms with Crippen LogP contribution in [0.4, 0.5) is 14.5 Å². The fraction of sp³-hybridized carbons (Fsp3) is 0.241. The maximum absolute atomic E-state index is 14.3. The number of nitrogens with two attached hydrogens (primary N) is 1. The van der Waals surface area contributed by atoms with Crippen LogP contribution >= 0.6 is 0 Å². The van der Waals surface area contributed by atoms with E-state index in [4.69, 9.17) is 5.73 Å². The van der Waals surface area contributed by atoms with Crippen molar-refractivity contribution < 1.29 is 13.9 Å². The van der Waals surface area contributed by atoms with Gasteiger partial charge in [0.25, 0.3) is 0 Å². The number of benzene rings is 3. The predicted molar refractivity (Wildman–Crippen MR) is 140 cm³/mol. The van der Waals surface area contributed by atoms with E-state index in [2.05, 4.69) is 9.88 Å². The quantitative estimate of drug-likeness (QED) is 0.361. The summed E-state index contributed by atoms with van der Waals surface area (Å²) in [4.78, 5) is 6.79. The van der Waals surface area contributed by atoms with Gasteiger partial charge in [-0.05, 0) is 66.6 Å². The number of aromatic hydroxyl groups is 1. The molecular formula is C29H28F2N4O. The number of nitriles is 1. The van der Waals surface area contributed by atoms with Crippen LogP contribution in [-0.2, 0) is 0 Å². The molecule has 1 saturated heterocycles. The van der Waals surface area contributed by atoms with Crippen LogP contribution in [-0.4, -0.2) is 29.7 Å². The lowest BCUT2D eigenvalue weighted by atomic mass is 9.92. The minimum atomic E-state index is -0.611. The third kappa shape index (κ3) is 4.60. The molecule has 1 fully saturated rings. The summed E-state index contributed by atoms with van der Waals surface area (Å²) in [5.74, 6) is -0.854. The molecular weight excluding hydrogens is 458 g/mol. The molecule has 0 radical (unpaired) electrons. The van der Waals surface area contributed by atoms with Gasteiger partial charge in [0, 0.05) is 41.7 Å². The van der Waals surface area contributed by atoms with Crippen molar-refractivity contribution in [1.29, 1.82) is 5.26 Å². The summed E-state index contributed by atoms with van der Waals surface area (Å²) in [5.41, 5.74) is 10.4. The number of phenolic OH excluding ortho intramolecular Hbond substituents is 1. The molecule has 0 unspecified atom stereocenters. The molecule has 5 rings (SSSR count). The Hall–Kier alpha value is -4.02. The van der Waals surface area contributed by atoms with Gasteiger partial charge >= 0.3 is 0 Å². The highest BCUT2D eigenvalue weighted by Gasteiger charge is 2.29. The van der Waals surface area contributed by atoms with E-state index in [-0.39, 0.29) is 22.7 Å². The Kier molecular flexibility index (Phi) is 7.18. The molecule has 0 aliphatic carbocycles. The van der Waals surface area contributed by atoms with Crippen molar-refractivity contribution in [2.45, 2.75) is 20.8 Å². The van der Waals surface area contributed by atoms with Crippen molar-refractivity contribution in [2.24, 2.45) is 11.7 Å². The topological polar surface area (TPSA) is 86.2 Å². The molecule has 2 heterocycles. The molecule has 0 amide bonds. The number of halogens is 2. The third-order valence-corrected chi connectivity index (χ3v) is 6.31. The molecule has 0 bridgehead atoms. The van der Waals surface area contributed by atoms with Crippen molar-refractivity contribution in [2.75, 3.05) is 24.5 Å². The number of pyridine rings is 1. The molecule has 0 saturated carbocycles. The smallest absolute Gasteiger partial charge is 0.141 e. The molecule has 1 aromatic heterocycles. The highest BCUT2D eigenvalue weighted by molar-refractivity contribution is 6.02. The van der Waals surface area contributed by atoms with Gasteiger partial charge in [0.2, 0.25) is 0 Å². The Morgan fingerprint density at radius 2 is 1.75 bits per heavy atom. The van der Waals surface area contributed by atoms with Crippen molar-refractivity contribution in [3.05, 3.63) is 77.5 Å².